The van der Waals surface area contributed by atoms with Crippen molar-refractivity contribution in [3.63, 3.8) is 0 Å². The third-order valence-corrected chi connectivity index (χ3v) is 4.82. The molecule has 2 amide bonds. The van der Waals surface area contributed by atoms with Crippen molar-refractivity contribution in [2.24, 2.45) is 5.92 Å². The number of hydrogen-bond acceptors (Lipinski definition) is 4. The van der Waals surface area contributed by atoms with E-state index in [9.17, 15) is 14.4 Å². The number of rotatable bonds is 5. The minimum atomic E-state index is -0.220. The molecule has 23 heavy (non-hydrogen) atoms. The Morgan fingerprint density at radius 2 is 1.74 bits per heavy atom. The first-order valence-electron chi connectivity index (χ1n) is 8.76. The van der Waals surface area contributed by atoms with E-state index < -0.39 is 0 Å². The first-order chi connectivity index (χ1) is 11.0. The Kier molecular flexibility index (Phi) is 6.42. The molecule has 0 aliphatic carbocycles. The molecule has 0 N–H and O–H groups in total. The van der Waals surface area contributed by atoms with Gasteiger partial charge in [0.05, 0.1) is 12.5 Å². The van der Waals surface area contributed by atoms with Crippen LogP contribution in [0.15, 0.2) is 0 Å². The summed E-state index contributed by atoms with van der Waals surface area (Å²) in [6, 6.07) is 0.292. The van der Waals surface area contributed by atoms with Crippen molar-refractivity contribution in [2.75, 3.05) is 26.2 Å². The normalized spacial score (nSPS) is 24.6. The zero-order chi connectivity index (χ0) is 16.8. The number of nitrogens with zero attached hydrogens (tertiary/aromatic N) is 2. The summed E-state index contributed by atoms with van der Waals surface area (Å²) in [7, 11) is 0. The van der Waals surface area contributed by atoms with Crippen molar-refractivity contribution in [1.82, 2.24) is 9.80 Å². The largest absolute Gasteiger partial charge is 0.466 e. The second-order valence-electron chi connectivity index (χ2n) is 6.51. The maximum atomic E-state index is 12.3. The van der Waals surface area contributed by atoms with E-state index in [2.05, 4.69) is 6.92 Å². The number of likely N-dealkylation sites (tertiary alicyclic amines) is 2. The predicted molar refractivity (Wildman–Crippen MR) is 85.6 cm³/mol. The molecule has 6 heteroatoms. The molecular weight excluding hydrogens is 296 g/mol. The van der Waals surface area contributed by atoms with Crippen molar-refractivity contribution in [3.8, 4) is 0 Å². The van der Waals surface area contributed by atoms with Gasteiger partial charge in [0, 0.05) is 38.5 Å². The zero-order valence-electron chi connectivity index (χ0n) is 14.3. The molecule has 130 valence electrons. The Bertz CT molecular complexity index is 452. The molecule has 2 aliphatic heterocycles. The zero-order valence-corrected chi connectivity index (χ0v) is 14.3. The molecule has 2 fully saturated rings. The lowest BCUT2D eigenvalue weighted by molar-refractivity contribution is -0.151. The monoisotopic (exact) mass is 324 g/mol. The minimum absolute atomic E-state index is 0.0285. The topological polar surface area (TPSA) is 66.9 Å². The molecule has 0 aromatic heterocycles. The fourth-order valence-electron chi connectivity index (χ4n) is 3.48. The fraction of sp³-hybridized carbons (Fsp3) is 0.824. The third kappa shape index (κ3) is 4.69. The second-order valence-corrected chi connectivity index (χ2v) is 6.51. The molecule has 0 saturated carbocycles. The van der Waals surface area contributed by atoms with Gasteiger partial charge in [-0.3, -0.25) is 14.4 Å². The molecule has 1 unspecified atom stereocenters. The molecule has 2 saturated heterocycles. The highest BCUT2D eigenvalue weighted by molar-refractivity contribution is 5.84. The Labute approximate surface area is 138 Å². The van der Waals surface area contributed by atoms with Gasteiger partial charge in [0.1, 0.15) is 0 Å². The van der Waals surface area contributed by atoms with E-state index in [1.54, 1.807) is 11.8 Å². The van der Waals surface area contributed by atoms with E-state index in [0.29, 0.717) is 25.7 Å². The molecule has 0 aromatic rings. The van der Waals surface area contributed by atoms with Crippen LogP contribution in [0.2, 0.25) is 0 Å². The maximum Gasteiger partial charge on any atom is 0.310 e. The highest BCUT2D eigenvalue weighted by Gasteiger charge is 2.30. The Hall–Kier alpha value is -1.59. The van der Waals surface area contributed by atoms with E-state index in [1.807, 2.05) is 4.90 Å². The summed E-state index contributed by atoms with van der Waals surface area (Å²) >= 11 is 0. The van der Waals surface area contributed by atoms with Crippen LogP contribution in [0, 0.1) is 5.92 Å². The average molecular weight is 324 g/mol. The molecule has 2 rings (SSSR count). The number of piperidine rings is 1. The Balaban J connectivity index is 1.78. The predicted octanol–water partition coefficient (Wildman–Crippen LogP) is 1.58. The summed E-state index contributed by atoms with van der Waals surface area (Å²) in [6.45, 7) is 6.11. The molecule has 0 aromatic carbocycles. The highest BCUT2D eigenvalue weighted by atomic mass is 16.5. The van der Waals surface area contributed by atoms with Crippen LogP contribution >= 0.6 is 0 Å². The van der Waals surface area contributed by atoms with Crippen LogP contribution in [-0.2, 0) is 19.1 Å². The van der Waals surface area contributed by atoms with Crippen molar-refractivity contribution >= 4 is 17.8 Å². The number of carbonyl (C=O) groups is 3. The Morgan fingerprint density at radius 3 is 2.39 bits per heavy atom. The number of carbonyl (C=O) groups excluding carboxylic acids is 3. The van der Waals surface area contributed by atoms with Crippen molar-refractivity contribution in [2.45, 2.75) is 58.4 Å². The summed E-state index contributed by atoms with van der Waals surface area (Å²) in [4.78, 5) is 39.9. The summed E-state index contributed by atoms with van der Waals surface area (Å²) < 4.78 is 5.05. The van der Waals surface area contributed by atoms with E-state index in [4.69, 9.17) is 4.74 Å². The SMILES string of the molecule is CCOC(=O)C1CCCN(C(=O)CCC(=O)N2CCC[C@H]2C)C1. The first-order valence-corrected chi connectivity index (χ1v) is 8.76. The second kappa shape index (κ2) is 8.31. The van der Waals surface area contributed by atoms with Gasteiger partial charge in [-0.1, -0.05) is 0 Å². The van der Waals surface area contributed by atoms with Crippen LogP contribution in [0.3, 0.4) is 0 Å². The van der Waals surface area contributed by atoms with E-state index in [0.717, 1.165) is 32.2 Å². The Morgan fingerprint density at radius 1 is 1.04 bits per heavy atom. The van der Waals surface area contributed by atoms with E-state index in [1.165, 1.54) is 0 Å². The van der Waals surface area contributed by atoms with Gasteiger partial charge in [-0.25, -0.2) is 0 Å². The molecular formula is C17H28N2O4. The highest BCUT2D eigenvalue weighted by Crippen LogP contribution is 2.20. The summed E-state index contributed by atoms with van der Waals surface area (Å²) in [6.07, 6.45) is 4.18. The molecule has 2 atom stereocenters. The van der Waals surface area contributed by atoms with Gasteiger partial charge >= 0.3 is 5.97 Å². The van der Waals surface area contributed by atoms with Gasteiger partial charge in [0.2, 0.25) is 11.8 Å². The lowest BCUT2D eigenvalue weighted by atomic mass is 9.98. The lowest BCUT2D eigenvalue weighted by Crippen LogP contribution is -2.43. The molecule has 0 bridgehead atoms. The molecule has 0 spiro atoms. The quantitative estimate of drug-likeness (QED) is 0.720. The summed E-state index contributed by atoms with van der Waals surface area (Å²) in [5, 5.41) is 0. The lowest BCUT2D eigenvalue weighted by Gasteiger charge is -2.31. The summed E-state index contributed by atoms with van der Waals surface area (Å²) in [5.74, 6) is -0.393. The van der Waals surface area contributed by atoms with Crippen molar-refractivity contribution in [1.29, 1.82) is 0 Å². The third-order valence-electron chi connectivity index (χ3n) is 4.82. The van der Waals surface area contributed by atoms with Crippen molar-refractivity contribution < 1.29 is 19.1 Å². The fourth-order valence-corrected chi connectivity index (χ4v) is 3.48. The van der Waals surface area contributed by atoms with Gasteiger partial charge < -0.3 is 14.5 Å². The number of amides is 2. The van der Waals surface area contributed by atoms with Crippen LogP contribution in [-0.4, -0.2) is 59.9 Å². The van der Waals surface area contributed by atoms with E-state index >= 15 is 0 Å². The molecule has 0 radical (unpaired) electrons. The van der Waals surface area contributed by atoms with Crippen LogP contribution in [0.5, 0.6) is 0 Å². The van der Waals surface area contributed by atoms with E-state index in [-0.39, 0.29) is 36.5 Å². The van der Waals surface area contributed by atoms with Crippen LogP contribution in [0.4, 0.5) is 0 Å². The van der Waals surface area contributed by atoms with Crippen LogP contribution in [0.25, 0.3) is 0 Å². The number of ether oxygens (including phenoxy) is 1. The number of esters is 1. The minimum Gasteiger partial charge on any atom is -0.466 e. The smallest absolute Gasteiger partial charge is 0.310 e. The van der Waals surface area contributed by atoms with Gasteiger partial charge in [0.15, 0.2) is 0 Å². The summed E-state index contributed by atoms with van der Waals surface area (Å²) in [5.41, 5.74) is 0. The van der Waals surface area contributed by atoms with Gasteiger partial charge in [-0.05, 0) is 39.5 Å². The van der Waals surface area contributed by atoms with Crippen molar-refractivity contribution in [3.05, 3.63) is 0 Å². The van der Waals surface area contributed by atoms with Crippen LogP contribution < -0.4 is 0 Å². The number of hydrogen-bond donors (Lipinski definition) is 0. The average Bonchev–Trinajstić information content (AvgIpc) is 2.98. The van der Waals surface area contributed by atoms with Gasteiger partial charge in [0.25, 0.3) is 0 Å². The molecule has 6 nitrogen and oxygen atoms in total. The van der Waals surface area contributed by atoms with Gasteiger partial charge in [-0.2, -0.15) is 0 Å². The molecule has 2 heterocycles. The first kappa shape index (κ1) is 17.8. The van der Waals surface area contributed by atoms with Crippen LogP contribution in [0.1, 0.15) is 52.4 Å². The van der Waals surface area contributed by atoms with Gasteiger partial charge in [-0.15, -0.1) is 0 Å². The maximum absolute atomic E-state index is 12.3. The standard InChI is InChI=1S/C17H28N2O4/c1-3-23-17(22)14-7-5-10-18(12-14)15(20)8-9-16(21)19-11-4-6-13(19)2/h13-14H,3-12H2,1-2H3/t13-,14?/m1/s1. The molecule has 2 aliphatic rings.